The number of nitrogens with one attached hydrogen (secondary N) is 2. The second-order valence-electron chi connectivity index (χ2n) is 8.00. The summed E-state index contributed by atoms with van der Waals surface area (Å²) in [6.45, 7) is 8.59. The Balaban J connectivity index is 1.94. The van der Waals surface area contributed by atoms with E-state index >= 15 is 0 Å². The molecule has 0 heterocycles. The molecule has 0 aliphatic carbocycles. The Morgan fingerprint density at radius 1 is 0.968 bits per heavy atom. The second kappa shape index (κ2) is 11.2. The van der Waals surface area contributed by atoms with Crippen molar-refractivity contribution < 1.29 is 23.9 Å². The van der Waals surface area contributed by atoms with Gasteiger partial charge in [-0.3, -0.25) is 14.9 Å². The maximum atomic E-state index is 12.5. The topological polar surface area (TPSA) is 93.7 Å². The summed E-state index contributed by atoms with van der Waals surface area (Å²) in [6, 6.07) is 15.6. The van der Waals surface area contributed by atoms with Gasteiger partial charge >= 0.3 is 12.0 Å². The fourth-order valence-corrected chi connectivity index (χ4v) is 2.78. The third-order valence-corrected chi connectivity index (χ3v) is 4.46. The van der Waals surface area contributed by atoms with Crippen LogP contribution in [0, 0.1) is 0 Å². The molecule has 0 fully saturated rings. The number of rotatable bonds is 8. The first-order valence-corrected chi connectivity index (χ1v) is 10.3. The SMILES string of the molecule is CCNC(=O)NC(=O)[C@@H](OC(=O)CCOc1ccc(C(C)(C)C)cc1)c1ccccc1. The molecule has 1 atom stereocenters. The number of hydrogen-bond acceptors (Lipinski definition) is 5. The number of imide groups is 1. The molecule has 0 saturated carbocycles. The molecule has 7 heteroatoms. The van der Waals surface area contributed by atoms with Crippen molar-refractivity contribution in [2.45, 2.75) is 45.6 Å². The van der Waals surface area contributed by atoms with Gasteiger partial charge < -0.3 is 14.8 Å². The summed E-state index contributed by atoms with van der Waals surface area (Å²) in [5, 5.41) is 4.66. The molecule has 0 saturated heterocycles. The molecule has 0 aliphatic rings. The van der Waals surface area contributed by atoms with Crippen molar-refractivity contribution in [1.29, 1.82) is 0 Å². The van der Waals surface area contributed by atoms with E-state index in [4.69, 9.17) is 9.47 Å². The van der Waals surface area contributed by atoms with Crippen LogP contribution in [-0.2, 0) is 19.7 Å². The van der Waals surface area contributed by atoms with Crippen molar-refractivity contribution in [1.82, 2.24) is 10.6 Å². The molecule has 0 bridgehead atoms. The highest BCUT2D eigenvalue weighted by Gasteiger charge is 2.26. The van der Waals surface area contributed by atoms with Crippen LogP contribution in [0.3, 0.4) is 0 Å². The van der Waals surface area contributed by atoms with Crippen molar-refractivity contribution in [3.05, 3.63) is 65.7 Å². The van der Waals surface area contributed by atoms with Crippen molar-refractivity contribution >= 4 is 17.9 Å². The average Bonchev–Trinajstić information content (AvgIpc) is 2.72. The van der Waals surface area contributed by atoms with Gasteiger partial charge in [-0.1, -0.05) is 63.2 Å². The lowest BCUT2D eigenvalue weighted by molar-refractivity contribution is -0.156. The highest BCUT2D eigenvalue weighted by molar-refractivity contribution is 5.97. The third-order valence-electron chi connectivity index (χ3n) is 4.46. The third kappa shape index (κ3) is 7.77. The van der Waals surface area contributed by atoms with Crippen molar-refractivity contribution in [3.63, 3.8) is 0 Å². The van der Waals surface area contributed by atoms with Gasteiger partial charge in [0, 0.05) is 12.1 Å². The first-order chi connectivity index (χ1) is 14.7. The molecule has 2 rings (SSSR count). The minimum atomic E-state index is -1.23. The van der Waals surface area contributed by atoms with Gasteiger partial charge in [-0.05, 0) is 30.0 Å². The fourth-order valence-electron chi connectivity index (χ4n) is 2.78. The van der Waals surface area contributed by atoms with Gasteiger partial charge in [0.2, 0.25) is 6.10 Å². The number of carbonyl (C=O) groups excluding carboxylic acids is 3. The molecule has 0 radical (unpaired) electrons. The smallest absolute Gasteiger partial charge is 0.321 e. The predicted octanol–water partition coefficient (Wildman–Crippen LogP) is 3.88. The first kappa shape index (κ1) is 23.9. The number of urea groups is 1. The van der Waals surface area contributed by atoms with Gasteiger partial charge in [0.15, 0.2) is 0 Å². The van der Waals surface area contributed by atoms with Gasteiger partial charge in [-0.25, -0.2) is 4.79 Å². The van der Waals surface area contributed by atoms with E-state index in [2.05, 4.69) is 31.4 Å². The van der Waals surface area contributed by atoms with E-state index in [0.29, 0.717) is 17.9 Å². The maximum absolute atomic E-state index is 12.5. The van der Waals surface area contributed by atoms with Crippen LogP contribution in [0.1, 0.15) is 51.3 Å². The molecule has 0 aromatic heterocycles. The minimum absolute atomic E-state index is 0.0429. The van der Waals surface area contributed by atoms with E-state index in [9.17, 15) is 14.4 Å². The lowest BCUT2D eigenvalue weighted by Gasteiger charge is -2.19. The lowest BCUT2D eigenvalue weighted by Crippen LogP contribution is -2.42. The first-order valence-electron chi connectivity index (χ1n) is 10.3. The van der Waals surface area contributed by atoms with E-state index in [1.54, 1.807) is 37.3 Å². The van der Waals surface area contributed by atoms with Gasteiger partial charge in [0.05, 0.1) is 13.0 Å². The van der Waals surface area contributed by atoms with E-state index in [1.807, 2.05) is 24.3 Å². The molecule has 2 aromatic carbocycles. The van der Waals surface area contributed by atoms with Crippen LogP contribution in [0.4, 0.5) is 4.79 Å². The number of esters is 1. The van der Waals surface area contributed by atoms with Crippen molar-refractivity contribution in [2.24, 2.45) is 0 Å². The zero-order valence-corrected chi connectivity index (χ0v) is 18.4. The highest BCUT2D eigenvalue weighted by Crippen LogP contribution is 2.24. The molecule has 0 aliphatic heterocycles. The summed E-state index contributed by atoms with van der Waals surface area (Å²) in [5.41, 5.74) is 1.70. The van der Waals surface area contributed by atoms with Crippen LogP contribution in [0.15, 0.2) is 54.6 Å². The summed E-state index contributed by atoms with van der Waals surface area (Å²) >= 11 is 0. The molecular weight excluding hydrogens is 396 g/mol. The van der Waals surface area contributed by atoms with Gasteiger partial charge in [-0.15, -0.1) is 0 Å². The molecule has 166 valence electrons. The van der Waals surface area contributed by atoms with E-state index in [0.717, 1.165) is 0 Å². The van der Waals surface area contributed by atoms with Gasteiger partial charge in [-0.2, -0.15) is 0 Å². The van der Waals surface area contributed by atoms with Crippen LogP contribution >= 0.6 is 0 Å². The molecule has 31 heavy (non-hydrogen) atoms. The van der Waals surface area contributed by atoms with Crippen molar-refractivity contribution in [2.75, 3.05) is 13.2 Å². The van der Waals surface area contributed by atoms with Crippen molar-refractivity contribution in [3.8, 4) is 5.75 Å². The lowest BCUT2D eigenvalue weighted by atomic mass is 9.87. The summed E-state index contributed by atoms with van der Waals surface area (Å²) in [4.78, 5) is 36.5. The average molecular weight is 427 g/mol. The Labute approximate surface area is 183 Å². The van der Waals surface area contributed by atoms with Crippen LogP contribution in [0.25, 0.3) is 0 Å². The molecule has 0 unspecified atom stereocenters. The van der Waals surface area contributed by atoms with Crippen LogP contribution in [0.2, 0.25) is 0 Å². The monoisotopic (exact) mass is 426 g/mol. The standard InChI is InChI=1S/C24H30N2O5/c1-5-25-23(29)26-22(28)21(17-9-7-6-8-10-17)31-20(27)15-16-30-19-13-11-18(12-14-19)24(2,3)4/h6-14,21H,5,15-16H2,1-4H3,(H2,25,26,28,29)/t21-/m0/s1. The van der Waals surface area contributed by atoms with Crippen LogP contribution in [0.5, 0.6) is 5.75 Å². The molecule has 2 N–H and O–H groups in total. The summed E-state index contributed by atoms with van der Waals surface area (Å²) < 4.78 is 11.0. The fraction of sp³-hybridized carbons (Fsp3) is 0.375. The van der Waals surface area contributed by atoms with E-state index in [1.165, 1.54) is 5.56 Å². The summed E-state index contributed by atoms with van der Waals surface area (Å²) in [6.07, 6.45) is -1.28. The van der Waals surface area contributed by atoms with E-state index in [-0.39, 0.29) is 18.4 Å². The van der Waals surface area contributed by atoms with Gasteiger partial charge in [0.25, 0.3) is 5.91 Å². The largest absolute Gasteiger partial charge is 0.493 e. The Hall–Kier alpha value is -3.35. The molecule has 7 nitrogen and oxygen atoms in total. The normalized spacial score (nSPS) is 11.9. The molecule has 3 amide bonds. The Kier molecular flexibility index (Phi) is 8.61. The minimum Gasteiger partial charge on any atom is -0.493 e. The molecule has 0 spiro atoms. The Bertz CT molecular complexity index is 873. The van der Waals surface area contributed by atoms with E-state index < -0.39 is 24.0 Å². The second-order valence-corrected chi connectivity index (χ2v) is 8.00. The number of hydrogen-bond donors (Lipinski definition) is 2. The summed E-state index contributed by atoms with van der Waals surface area (Å²) in [5.74, 6) is -0.676. The Morgan fingerprint density at radius 3 is 2.19 bits per heavy atom. The van der Waals surface area contributed by atoms with Crippen LogP contribution in [-0.4, -0.2) is 31.1 Å². The number of amides is 3. The maximum Gasteiger partial charge on any atom is 0.321 e. The Morgan fingerprint density at radius 2 is 1.61 bits per heavy atom. The quantitative estimate of drug-likeness (QED) is 0.625. The number of benzene rings is 2. The van der Waals surface area contributed by atoms with Gasteiger partial charge in [0.1, 0.15) is 5.75 Å². The zero-order chi connectivity index (χ0) is 22.9. The molecular formula is C24H30N2O5. The number of carbonyl (C=O) groups is 3. The van der Waals surface area contributed by atoms with Crippen LogP contribution < -0.4 is 15.4 Å². The molecule has 2 aromatic rings. The highest BCUT2D eigenvalue weighted by atomic mass is 16.6. The zero-order valence-electron chi connectivity index (χ0n) is 18.4. The predicted molar refractivity (Wildman–Crippen MR) is 118 cm³/mol. The number of ether oxygens (including phenoxy) is 2. The summed E-state index contributed by atoms with van der Waals surface area (Å²) in [7, 11) is 0.